The normalized spacial score (nSPS) is 20.5. The van der Waals surface area contributed by atoms with Gasteiger partial charge in [-0.1, -0.05) is 0 Å². The number of carboxylic acids is 1. The predicted molar refractivity (Wildman–Crippen MR) is 42.7 cm³/mol. The molecular weight excluding hydrogens is 158 g/mol. The van der Waals surface area contributed by atoms with Crippen molar-refractivity contribution >= 4 is 5.97 Å². The van der Waals surface area contributed by atoms with E-state index in [1.54, 1.807) is 0 Å². The van der Waals surface area contributed by atoms with Crippen LogP contribution in [0.25, 0.3) is 0 Å². The van der Waals surface area contributed by atoms with E-state index < -0.39 is 12.0 Å². The molecule has 1 aliphatic rings. The molecule has 0 fully saturated rings. The molecule has 12 heavy (non-hydrogen) atoms. The van der Waals surface area contributed by atoms with Crippen LogP contribution in [0.5, 0.6) is 0 Å². The molecule has 5 heteroatoms. The molecular formula is C7H13N3O2. The van der Waals surface area contributed by atoms with Gasteiger partial charge in [-0.3, -0.25) is 4.79 Å². The molecule has 0 spiro atoms. The third-order valence-corrected chi connectivity index (χ3v) is 1.92. The SMILES string of the molecule is CC1(CCC[C@H](N)C(=O)O)N=N1. The fourth-order valence-electron chi connectivity index (χ4n) is 0.966. The Morgan fingerprint density at radius 1 is 1.67 bits per heavy atom. The molecule has 0 unspecified atom stereocenters. The van der Waals surface area contributed by atoms with Crippen LogP contribution in [-0.2, 0) is 4.79 Å². The quantitative estimate of drug-likeness (QED) is 0.639. The second-order valence-corrected chi connectivity index (χ2v) is 3.25. The number of carboxylic acid groups (broad SMARTS) is 1. The van der Waals surface area contributed by atoms with Crippen LogP contribution in [0.1, 0.15) is 26.2 Å². The number of carbonyl (C=O) groups is 1. The Labute approximate surface area is 70.7 Å². The standard InChI is InChI=1S/C7H13N3O2/c1-7(9-10-7)4-2-3-5(8)6(11)12/h5H,2-4,8H2,1H3,(H,11,12)/t5-/m0/s1. The number of nitrogens with two attached hydrogens (primary N) is 1. The predicted octanol–water partition coefficient (Wildman–Crippen LogP) is 0.751. The summed E-state index contributed by atoms with van der Waals surface area (Å²) in [6.07, 6.45) is 2.06. The van der Waals surface area contributed by atoms with E-state index in [9.17, 15) is 4.79 Å². The maximum absolute atomic E-state index is 10.3. The zero-order valence-electron chi connectivity index (χ0n) is 7.03. The van der Waals surface area contributed by atoms with Crippen LogP contribution in [0.2, 0.25) is 0 Å². The second kappa shape index (κ2) is 3.18. The molecule has 0 bridgehead atoms. The lowest BCUT2D eigenvalue weighted by Gasteiger charge is -2.06. The van der Waals surface area contributed by atoms with Gasteiger partial charge < -0.3 is 10.8 Å². The third kappa shape index (κ3) is 2.58. The van der Waals surface area contributed by atoms with Crippen molar-refractivity contribution in [2.75, 3.05) is 0 Å². The molecule has 0 radical (unpaired) electrons. The summed E-state index contributed by atoms with van der Waals surface area (Å²) in [5.74, 6) is -0.940. The van der Waals surface area contributed by atoms with Gasteiger partial charge in [0.05, 0.1) is 0 Å². The fraction of sp³-hybridized carbons (Fsp3) is 0.857. The molecule has 0 saturated carbocycles. The van der Waals surface area contributed by atoms with Crippen molar-refractivity contribution in [1.29, 1.82) is 0 Å². The van der Waals surface area contributed by atoms with E-state index in [0.29, 0.717) is 6.42 Å². The molecule has 3 N–H and O–H groups in total. The molecule has 0 aromatic heterocycles. The van der Waals surface area contributed by atoms with E-state index in [-0.39, 0.29) is 5.66 Å². The Hall–Kier alpha value is -0.970. The summed E-state index contributed by atoms with van der Waals surface area (Å²) in [6, 6.07) is -0.743. The first kappa shape index (κ1) is 9.12. The summed E-state index contributed by atoms with van der Waals surface area (Å²) in [6.45, 7) is 1.92. The van der Waals surface area contributed by atoms with E-state index in [0.717, 1.165) is 12.8 Å². The first-order valence-corrected chi connectivity index (χ1v) is 3.96. The molecule has 0 amide bonds. The molecule has 68 valence electrons. The minimum absolute atomic E-state index is 0.224. The minimum Gasteiger partial charge on any atom is -0.480 e. The van der Waals surface area contributed by atoms with Crippen LogP contribution in [0.3, 0.4) is 0 Å². The molecule has 0 aromatic carbocycles. The van der Waals surface area contributed by atoms with Crippen molar-refractivity contribution in [2.24, 2.45) is 16.0 Å². The van der Waals surface area contributed by atoms with Gasteiger partial charge in [0.15, 0.2) is 5.66 Å². The zero-order chi connectivity index (χ0) is 9.19. The van der Waals surface area contributed by atoms with Crippen LogP contribution in [0, 0.1) is 0 Å². The van der Waals surface area contributed by atoms with Gasteiger partial charge in [-0.15, -0.1) is 0 Å². The molecule has 0 aromatic rings. The maximum Gasteiger partial charge on any atom is 0.320 e. The lowest BCUT2D eigenvalue weighted by atomic mass is 10.1. The second-order valence-electron chi connectivity index (χ2n) is 3.25. The van der Waals surface area contributed by atoms with Crippen molar-refractivity contribution in [3.05, 3.63) is 0 Å². The van der Waals surface area contributed by atoms with Gasteiger partial charge in [-0.2, -0.15) is 10.2 Å². The molecule has 1 rings (SSSR count). The Bertz CT molecular complexity index is 209. The molecule has 0 saturated heterocycles. The van der Waals surface area contributed by atoms with Gasteiger partial charge in [0.25, 0.3) is 0 Å². The lowest BCUT2D eigenvalue weighted by molar-refractivity contribution is -0.138. The molecule has 1 heterocycles. The highest BCUT2D eigenvalue weighted by Gasteiger charge is 2.32. The van der Waals surface area contributed by atoms with E-state index >= 15 is 0 Å². The first-order valence-electron chi connectivity index (χ1n) is 3.96. The van der Waals surface area contributed by atoms with Gasteiger partial charge in [0.2, 0.25) is 0 Å². The van der Waals surface area contributed by atoms with Crippen LogP contribution in [-0.4, -0.2) is 22.8 Å². The monoisotopic (exact) mass is 171 g/mol. The van der Waals surface area contributed by atoms with Crippen molar-refractivity contribution in [3.8, 4) is 0 Å². The summed E-state index contributed by atoms with van der Waals surface area (Å²) in [5.41, 5.74) is 5.08. The lowest BCUT2D eigenvalue weighted by Crippen LogP contribution is -2.30. The van der Waals surface area contributed by atoms with Crippen LogP contribution in [0.4, 0.5) is 0 Å². The summed E-state index contributed by atoms with van der Waals surface area (Å²) in [7, 11) is 0. The molecule has 1 atom stereocenters. The highest BCUT2D eigenvalue weighted by molar-refractivity contribution is 5.72. The summed E-state index contributed by atoms with van der Waals surface area (Å²) >= 11 is 0. The topological polar surface area (TPSA) is 88.0 Å². The Morgan fingerprint density at radius 2 is 2.25 bits per heavy atom. The Morgan fingerprint density at radius 3 is 2.67 bits per heavy atom. The van der Waals surface area contributed by atoms with E-state index in [2.05, 4.69) is 10.2 Å². The number of nitrogens with zero attached hydrogens (tertiary/aromatic N) is 2. The highest BCUT2D eigenvalue weighted by Crippen LogP contribution is 2.32. The van der Waals surface area contributed by atoms with Gasteiger partial charge in [0, 0.05) is 0 Å². The van der Waals surface area contributed by atoms with Crippen molar-refractivity contribution in [2.45, 2.75) is 37.9 Å². The van der Waals surface area contributed by atoms with Gasteiger partial charge in [0.1, 0.15) is 6.04 Å². The molecule has 0 aliphatic carbocycles. The van der Waals surface area contributed by atoms with Crippen LogP contribution >= 0.6 is 0 Å². The summed E-state index contributed by atoms with van der Waals surface area (Å²) < 4.78 is 0. The minimum atomic E-state index is -0.940. The van der Waals surface area contributed by atoms with E-state index in [1.807, 2.05) is 6.92 Å². The van der Waals surface area contributed by atoms with E-state index in [4.69, 9.17) is 10.8 Å². The van der Waals surface area contributed by atoms with Crippen molar-refractivity contribution in [1.82, 2.24) is 0 Å². The first-order chi connectivity index (χ1) is 5.53. The number of rotatable bonds is 5. The molecule has 1 aliphatic heterocycles. The number of hydrogen-bond donors (Lipinski definition) is 2. The number of hydrogen-bond acceptors (Lipinski definition) is 4. The summed E-state index contributed by atoms with van der Waals surface area (Å²) in [5, 5.41) is 16.1. The van der Waals surface area contributed by atoms with Crippen molar-refractivity contribution < 1.29 is 9.90 Å². The van der Waals surface area contributed by atoms with Gasteiger partial charge in [-0.05, 0) is 26.2 Å². The smallest absolute Gasteiger partial charge is 0.320 e. The van der Waals surface area contributed by atoms with Gasteiger partial charge >= 0.3 is 5.97 Å². The average Bonchev–Trinajstić information content (AvgIpc) is 2.68. The van der Waals surface area contributed by atoms with Crippen LogP contribution < -0.4 is 5.73 Å². The van der Waals surface area contributed by atoms with Gasteiger partial charge in [-0.25, -0.2) is 0 Å². The Kier molecular flexibility index (Phi) is 2.42. The van der Waals surface area contributed by atoms with E-state index in [1.165, 1.54) is 0 Å². The Balaban J connectivity index is 2.06. The summed E-state index contributed by atoms with van der Waals surface area (Å²) in [4.78, 5) is 10.3. The number of aliphatic carboxylic acids is 1. The maximum atomic E-state index is 10.3. The van der Waals surface area contributed by atoms with Crippen molar-refractivity contribution in [3.63, 3.8) is 0 Å². The average molecular weight is 171 g/mol. The van der Waals surface area contributed by atoms with Crippen LogP contribution in [0.15, 0.2) is 10.2 Å². The fourth-order valence-corrected chi connectivity index (χ4v) is 0.966. The highest BCUT2D eigenvalue weighted by atomic mass is 16.4. The zero-order valence-corrected chi connectivity index (χ0v) is 7.03. The molecule has 5 nitrogen and oxygen atoms in total. The third-order valence-electron chi connectivity index (χ3n) is 1.92. The largest absolute Gasteiger partial charge is 0.480 e.